The van der Waals surface area contributed by atoms with Crippen molar-refractivity contribution in [3.05, 3.63) is 237 Å². The molecule has 6 amide bonds. The van der Waals surface area contributed by atoms with Crippen LogP contribution in [-0.2, 0) is 39.8 Å². The van der Waals surface area contributed by atoms with Gasteiger partial charge in [0.15, 0.2) is 0 Å². The first-order valence-electron chi connectivity index (χ1n) is 38.1. The van der Waals surface area contributed by atoms with Gasteiger partial charge in [0.2, 0.25) is 5.91 Å². The van der Waals surface area contributed by atoms with Crippen LogP contribution in [0.3, 0.4) is 0 Å². The summed E-state index contributed by atoms with van der Waals surface area (Å²) >= 11 is 30.9. The number of anilines is 12. The first kappa shape index (κ1) is 86.4. The lowest BCUT2D eigenvalue weighted by molar-refractivity contribution is -0.115. The minimum Gasteiger partial charge on any atom is -0.508 e. The fourth-order valence-corrected chi connectivity index (χ4v) is 15.5. The summed E-state index contributed by atoms with van der Waals surface area (Å²) in [6, 6.07) is 26.6. The summed E-state index contributed by atoms with van der Waals surface area (Å²) in [5.41, 5.74) is 7.56. The van der Waals surface area contributed by atoms with Crippen molar-refractivity contribution in [2.45, 2.75) is 13.3 Å². The Morgan fingerprint density at radius 2 is 1.00 bits per heavy atom. The second-order valence-electron chi connectivity index (χ2n) is 28.1. The number of thiophene rings is 1. The average molecular weight is 1810 g/mol. The number of ether oxygens (including phenoxy) is 3. The van der Waals surface area contributed by atoms with Gasteiger partial charge < -0.3 is 71.7 Å². The van der Waals surface area contributed by atoms with E-state index in [2.05, 4.69) is 97.2 Å². The number of nitrogens with zero attached hydrogens (tertiary/aromatic N) is 12. The lowest BCUT2D eigenvalue weighted by Gasteiger charge is -2.30. The third kappa shape index (κ3) is 20.3. The molecule has 13 heterocycles. The monoisotopic (exact) mass is 1800 g/mol. The Labute approximate surface area is 732 Å². The molecule has 11 aromatic rings. The molecule has 0 saturated carbocycles. The summed E-state index contributed by atoms with van der Waals surface area (Å²) in [6.07, 6.45) is 10.6. The second-order valence-corrected chi connectivity index (χ2v) is 31.2. The van der Waals surface area contributed by atoms with E-state index in [0.717, 1.165) is 30.1 Å². The molecule has 5 aromatic carbocycles. The number of phenolic OH excluding ortho intramolecular Hbond substituents is 1. The number of amides is 6. The molecule has 7 aliphatic rings. The van der Waals surface area contributed by atoms with Crippen LogP contribution >= 0.6 is 69.3 Å². The van der Waals surface area contributed by atoms with Crippen LogP contribution in [0.2, 0.25) is 25.1 Å². The fourth-order valence-electron chi connectivity index (χ4n) is 13.6. The van der Waals surface area contributed by atoms with Crippen molar-refractivity contribution >= 4 is 209 Å². The van der Waals surface area contributed by atoms with Crippen molar-refractivity contribution < 1.29 is 65.6 Å². The molecule has 6 aromatic heterocycles. The van der Waals surface area contributed by atoms with Gasteiger partial charge in [-0.3, -0.25) is 43.5 Å². The van der Waals surface area contributed by atoms with Crippen molar-refractivity contribution in [1.82, 2.24) is 64.9 Å². The number of rotatable bonds is 18. The zero-order valence-electron chi connectivity index (χ0n) is 65.0. The maximum Gasteiger partial charge on any atom is 0.267 e. The van der Waals surface area contributed by atoms with Crippen LogP contribution in [0, 0.1) is 30.2 Å². The topological polar surface area (TPSA) is 378 Å². The lowest BCUT2D eigenvalue weighted by atomic mass is 10.1. The fraction of sp³-hybridized carbons (Fsp3) is 0.205. The third-order valence-electron chi connectivity index (χ3n) is 19.8. The minimum atomic E-state index is -0.542. The van der Waals surface area contributed by atoms with Gasteiger partial charge in [-0.05, 0) is 145 Å². The van der Waals surface area contributed by atoms with Gasteiger partial charge in [-0.15, -0.1) is 11.3 Å². The molecular weight excluding hydrogens is 1740 g/mol. The summed E-state index contributed by atoms with van der Waals surface area (Å²) in [7, 11) is 0. The Morgan fingerprint density at radius 3 is 1.53 bits per heavy atom. The van der Waals surface area contributed by atoms with Gasteiger partial charge in [0, 0.05) is 91.2 Å². The SMILES string of the molecule is Cc1cc(C(=O)NCCN2CCOCC2)[nH]c1/C=C1\C(=O)N(CN2CCOCC2)c2ncnc(Nc3ccc(F)c(Cl)c3)c21.O=C1Cc2c(ncnc2Nc2ccc(F)c(Cl)c2)N1.O=C1Nc2ncnc(Nc3ccc(F)c(Cl)c3)c2/C1=C/c1ccc(C(=O)N2CCOCC2)s1.O=C1Nc2ncnc(Nc3ccc(F)c(Cl)c3)c2/C1=C/c1ccc(O)cc1Cl. The van der Waals surface area contributed by atoms with E-state index >= 15 is 0 Å². The number of halogens is 9. The number of phenols is 1. The highest BCUT2D eigenvalue weighted by atomic mass is 35.5. The number of fused-ring (bicyclic) bond motifs is 4. The quantitative estimate of drug-likeness (QED) is 0.0282. The van der Waals surface area contributed by atoms with Crippen LogP contribution in [0.4, 0.5) is 86.9 Å². The van der Waals surface area contributed by atoms with E-state index in [1.165, 1.54) is 109 Å². The lowest BCUT2D eigenvalue weighted by Crippen LogP contribution is -2.45. The molecule has 3 saturated heterocycles. The molecule has 3 fully saturated rings. The first-order chi connectivity index (χ1) is 59.9. The van der Waals surface area contributed by atoms with Gasteiger partial charge in [-0.2, -0.15) is 0 Å². The first-order valence-corrected chi connectivity index (χ1v) is 40.8. The van der Waals surface area contributed by atoms with E-state index in [4.69, 9.17) is 72.2 Å². The molecule has 7 aliphatic heterocycles. The number of aromatic hydroxyl groups is 1. The normalized spacial score (nSPS) is 16.2. The Morgan fingerprint density at radius 1 is 0.516 bits per heavy atom. The Hall–Kier alpha value is -12.6. The Bertz CT molecular complexity index is 6110. The maximum atomic E-state index is 14.0. The number of aromatic amines is 1. The smallest absolute Gasteiger partial charge is 0.267 e. The minimum absolute atomic E-state index is 0.0160. The van der Waals surface area contributed by atoms with E-state index in [0.29, 0.717) is 209 Å². The van der Waals surface area contributed by atoms with Crippen molar-refractivity contribution in [1.29, 1.82) is 0 Å². The van der Waals surface area contributed by atoms with Crippen LogP contribution < -0.4 is 47.4 Å². The number of hydrogen-bond acceptors (Lipinski definition) is 25. The van der Waals surface area contributed by atoms with E-state index in [1.54, 1.807) is 64.4 Å². The van der Waals surface area contributed by atoms with Gasteiger partial charge in [0.05, 0.1) is 116 Å². The van der Waals surface area contributed by atoms with Gasteiger partial charge in [0.1, 0.15) is 107 Å². The van der Waals surface area contributed by atoms with Gasteiger partial charge in [-0.25, -0.2) is 57.4 Å². The van der Waals surface area contributed by atoms with Gasteiger partial charge in [-0.1, -0.05) is 58.0 Å². The van der Waals surface area contributed by atoms with Crippen LogP contribution in [0.15, 0.2) is 135 Å². The van der Waals surface area contributed by atoms with Crippen molar-refractivity contribution in [3.8, 4) is 5.75 Å². The highest BCUT2D eigenvalue weighted by Gasteiger charge is 2.39. The highest BCUT2D eigenvalue weighted by molar-refractivity contribution is 7.15. The molecule has 124 heavy (non-hydrogen) atoms. The molecular formula is C83H70Cl5F4N21O10S. The predicted molar refractivity (Wildman–Crippen MR) is 464 cm³/mol. The standard InChI is InChI=1S/C30H34ClFN8O4.C22H17ClFN5O3S.C19H11Cl2FN4O2.C12H8ClFN4O/c1-19-14-25(29(41)33-4-5-38-6-10-43-11-7-38)37-24(19)16-21-26-27(36-20-2-3-23(32)22(31)15-20)34-17-35-28(26)40(30(21)42)18-39-8-12-44-13-9-39;23-15-9-12(1-3-16(15)24)27-19-18-14(21(30)28-20(18)26-11-25-19)10-13-2-4-17(33-13)22(31)29-5-7-32-8-6-29;20-13-7-11(27)3-1-9(13)5-12-16-17(23-8-24-18(16)26-19(12)28)25-10-2-4-15(22)14(21)6-10;13-8-3-6(1-2-9(8)14)17-11-7-4-10(19)18-12(7)16-5-15-11/h2-3,14-17,37H,4-13,18H2,1H3,(H,33,41)(H,34,35,36);1-4,9-11H,5-8H2,(H2,25,26,27,28,30);1-8,27H,(H2,23,24,25,26,28);1-3,5H,4H2,(H2,15,16,17,18,19)/b21-16-;14-10-;12-5-;. The zero-order chi connectivity index (χ0) is 86.8. The van der Waals surface area contributed by atoms with Crippen LogP contribution in [-0.4, -0.2) is 199 Å². The molecule has 31 nitrogen and oxygen atoms in total. The summed E-state index contributed by atoms with van der Waals surface area (Å²) in [6.45, 7) is 11.3. The van der Waals surface area contributed by atoms with E-state index in [-0.39, 0.29) is 72.7 Å². The van der Waals surface area contributed by atoms with Gasteiger partial charge in [0.25, 0.3) is 29.5 Å². The number of hydrogen-bond donors (Lipinski definition) is 10. The maximum absolute atomic E-state index is 14.0. The summed E-state index contributed by atoms with van der Waals surface area (Å²) in [4.78, 5) is 122. The molecule has 0 atom stereocenters. The van der Waals surface area contributed by atoms with Crippen molar-refractivity contribution in [2.75, 3.05) is 141 Å². The third-order valence-corrected chi connectivity index (χ3v) is 22.3. The number of benzene rings is 5. The average Bonchev–Trinajstić information content (AvgIpc) is 1.60. The van der Waals surface area contributed by atoms with Crippen LogP contribution in [0.25, 0.3) is 34.9 Å². The number of aromatic nitrogens is 9. The molecule has 0 spiro atoms. The molecule has 41 heteroatoms. The van der Waals surface area contributed by atoms with Crippen molar-refractivity contribution in [3.63, 3.8) is 0 Å². The van der Waals surface area contributed by atoms with Crippen molar-refractivity contribution in [2.24, 2.45) is 0 Å². The van der Waals surface area contributed by atoms with Crippen LogP contribution in [0.5, 0.6) is 5.75 Å². The van der Waals surface area contributed by atoms with Gasteiger partial charge >= 0.3 is 0 Å². The molecule has 0 bridgehead atoms. The second kappa shape index (κ2) is 38.9. The summed E-state index contributed by atoms with van der Waals surface area (Å²) < 4.78 is 70.0. The molecule has 0 aliphatic carbocycles. The number of nitrogens with one attached hydrogen (secondary N) is 9. The Balaban J connectivity index is 0.000000133. The molecule has 18 rings (SSSR count). The number of H-pyrrole nitrogens is 1. The predicted octanol–water partition coefficient (Wildman–Crippen LogP) is 14.3. The summed E-state index contributed by atoms with van der Waals surface area (Å²) in [5.74, 6) is -0.242. The molecule has 10 N–H and O–H groups in total. The Kier molecular flexibility index (Phi) is 27.1. The molecule has 636 valence electrons. The molecule has 0 radical (unpaired) electrons. The molecule has 0 unspecified atom stereocenters. The summed E-state index contributed by atoms with van der Waals surface area (Å²) in [5, 5.41) is 33.0. The zero-order valence-corrected chi connectivity index (χ0v) is 69.6. The number of carbonyl (C=O) groups is 6. The van der Waals surface area contributed by atoms with E-state index in [1.807, 2.05) is 6.92 Å². The van der Waals surface area contributed by atoms with Crippen LogP contribution in [0.1, 0.15) is 64.1 Å². The van der Waals surface area contributed by atoms with E-state index < -0.39 is 23.3 Å². The van der Waals surface area contributed by atoms with E-state index in [9.17, 15) is 51.4 Å². The largest absolute Gasteiger partial charge is 0.508 e. The highest BCUT2D eigenvalue weighted by Crippen LogP contribution is 2.44. The number of aryl methyl sites for hydroxylation is 1. The number of morpholine rings is 3. The number of carbonyl (C=O) groups excluding carboxylic acids is 6.